The second-order valence-electron chi connectivity index (χ2n) is 9.18. The van der Waals surface area contributed by atoms with Crippen molar-refractivity contribution in [3.05, 3.63) is 77.4 Å². The summed E-state index contributed by atoms with van der Waals surface area (Å²) in [4.78, 5) is 12.6. The fraction of sp³-hybridized carbons (Fsp3) is 0.308. The van der Waals surface area contributed by atoms with E-state index in [4.69, 9.17) is 0 Å². The van der Waals surface area contributed by atoms with Crippen LogP contribution in [-0.4, -0.2) is 16.7 Å². The van der Waals surface area contributed by atoms with E-state index in [1.54, 1.807) is 6.92 Å². The number of carbonyl (C=O) groups is 1. The van der Waals surface area contributed by atoms with Crippen LogP contribution in [0.15, 0.2) is 65.8 Å². The van der Waals surface area contributed by atoms with Crippen LogP contribution in [0, 0.1) is 5.92 Å². The fourth-order valence-electron chi connectivity index (χ4n) is 3.91. The maximum atomic E-state index is 12.6. The number of amides is 1. The molecule has 4 nitrogen and oxygen atoms in total. The van der Waals surface area contributed by atoms with Crippen LogP contribution in [0.1, 0.15) is 56.7 Å². The topological polar surface area (TPSA) is 61.7 Å². The van der Waals surface area contributed by atoms with Crippen molar-refractivity contribution in [3.63, 3.8) is 0 Å². The van der Waals surface area contributed by atoms with E-state index in [1.807, 2.05) is 36.4 Å². The number of phenolic OH excluding ortho intramolecular Hbond substituents is 1. The number of nitrogens with zero attached hydrogens (tertiary/aromatic N) is 1. The SMILES string of the molecule is C/C(=N\NC(=O)[C@H]1C[C@@H]1c1ccc(C(C)(C)C)cc1)c1ccc2ccccc2c1O. The molecule has 0 radical (unpaired) electrons. The maximum absolute atomic E-state index is 12.6. The molecule has 1 aliphatic carbocycles. The van der Waals surface area contributed by atoms with Crippen LogP contribution in [0.3, 0.4) is 0 Å². The molecule has 1 fully saturated rings. The Hall–Kier alpha value is -3.14. The molecule has 0 heterocycles. The van der Waals surface area contributed by atoms with Gasteiger partial charge in [0.05, 0.1) is 5.71 Å². The van der Waals surface area contributed by atoms with Gasteiger partial charge in [-0.3, -0.25) is 4.79 Å². The lowest BCUT2D eigenvalue weighted by atomic mass is 9.86. The molecule has 1 aliphatic rings. The highest BCUT2D eigenvalue weighted by Crippen LogP contribution is 2.47. The van der Waals surface area contributed by atoms with Gasteiger partial charge in [0, 0.05) is 16.9 Å². The lowest BCUT2D eigenvalue weighted by Gasteiger charge is -2.19. The minimum atomic E-state index is -0.0699. The van der Waals surface area contributed by atoms with Gasteiger partial charge in [-0.25, -0.2) is 5.43 Å². The van der Waals surface area contributed by atoms with E-state index in [9.17, 15) is 9.90 Å². The van der Waals surface area contributed by atoms with Gasteiger partial charge < -0.3 is 5.11 Å². The summed E-state index contributed by atoms with van der Waals surface area (Å²) < 4.78 is 0. The molecule has 1 saturated carbocycles. The number of benzene rings is 3. The van der Waals surface area contributed by atoms with Crippen molar-refractivity contribution in [2.45, 2.75) is 45.4 Å². The average molecular weight is 401 g/mol. The summed E-state index contributed by atoms with van der Waals surface area (Å²) in [6, 6.07) is 20.0. The molecule has 1 amide bonds. The number of hydrogen-bond donors (Lipinski definition) is 2. The Bertz CT molecular complexity index is 1120. The van der Waals surface area contributed by atoms with Crippen molar-refractivity contribution in [1.29, 1.82) is 0 Å². The number of hydrogen-bond acceptors (Lipinski definition) is 3. The average Bonchev–Trinajstić information content (AvgIpc) is 3.53. The zero-order valence-corrected chi connectivity index (χ0v) is 17.9. The van der Waals surface area contributed by atoms with E-state index in [0.29, 0.717) is 11.3 Å². The minimum absolute atomic E-state index is 0.0489. The molecule has 0 unspecified atom stereocenters. The molecule has 4 rings (SSSR count). The van der Waals surface area contributed by atoms with E-state index in [2.05, 4.69) is 55.6 Å². The Morgan fingerprint density at radius 2 is 1.73 bits per heavy atom. The third-order valence-corrected chi connectivity index (χ3v) is 5.96. The van der Waals surface area contributed by atoms with Crippen molar-refractivity contribution in [3.8, 4) is 5.75 Å². The van der Waals surface area contributed by atoms with Gasteiger partial charge in [-0.05, 0) is 47.3 Å². The third kappa shape index (κ3) is 3.95. The highest BCUT2D eigenvalue weighted by atomic mass is 16.3. The van der Waals surface area contributed by atoms with Crippen molar-refractivity contribution >= 4 is 22.4 Å². The Labute approximate surface area is 177 Å². The maximum Gasteiger partial charge on any atom is 0.243 e. The summed E-state index contributed by atoms with van der Waals surface area (Å²) in [6.45, 7) is 8.38. The Morgan fingerprint density at radius 3 is 2.43 bits per heavy atom. The first-order valence-electron chi connectivity index (χ1n) is 10.4. The zero-order chi connectivity index (χ0) is 21.5. The number of carbonyl (C=O) groups excluding carboxylic acids is 1. The first kappa shape index (κ1) is 20.1. The molecule has 2 N–H and O–H groups in total. The number of fused-ring (bicyclic) bond motifs is 1. The van der Waals surface area contributed by atoms with Gasteiger partial charge in [-0.1, -0.05) is 75.4 Å². The zero-order valence-electron chi connectivity index (χ0n) is 17.9. The van der Waals surface area contributed by atoms with Crippen LogP contribution in [0.4, 0.5) is 0 Å². The summed E-state index contributed by atoms with van der Waals surface area (Å²) >= 11 is 0. The third-order valence-electron chi connectivity index (χ3n) is 5.96. The van der Waals surface area contributed by atoms with Crippen LogP contribution in [-0.2, 0) is 10.2 Å². The van der Waals surface area contributed by atoms with E-state index in [1.165, 1.54) is 11.1 Å². The first-order chi connectivity index (χ1) is 14.3. The predicted octanol–water partition coefficient (Wildman–Crippen LogP) is 5.49. The molecule has 2 atom stereocenters. The molecule has 0 spiro atoms. The number of phenols is 1. The molecular weight excluding hydrogens is 372 g/mol. The van der Waals surface area contributed by atoms with Crippen molar-refractivity contribution in [2.75, 3.05) is 0 Å². The molecule has 3 aromatic carbocycles. The molecular formula is C26H28N2O2. The number of aromatic hydroxyl groups is 1. The predicted molar refractivity (Wildman–Crippen MR) is 122 cm³/mol. The van der Waals surface area contributed by atoms with Gasteiger partial charge in [0.1, 0.15) is 5.75 Å². The molecule has 0 aromatic heterocycles. The highest BCUT2D eigenvalue weighted by molar-refractivity contribution is 6.06. The number of nitrogens with one attached hydrogen (secondary N) is 1. The molecule has 0 saturated heterocycles. The summed E-state index contributed by atoms with van der Waals surface area (Å²) in [5, 5.41) is 16.6. The lowest BCUT2D eigenvalue weighted by Crippen LogP contribution is -2.21. The molecule has 30 heavy (non-hydrogen) atoms. The van der Waals surface area contributed by atoms with E-state index in [0.717, 1.165) is 17.2 Å². The normalized spacial score (nSPS) is 19.0. The van der Waals surface area contributed by atoms with Crippen LogP contribution in [0.25, 0.3) is 10.8 Å². The quantitative estimate of drug-likeness (QED) is 0.449. The van der Waals surface area contributed by atoms with Crippen molar-refractivity contribution in [1.82, 2.24) is 5.43 Å². The smallest absolute Gasteiger partial charge is 0.243 e. The van der Waals surface area contributed by atoms with Crippen LogP contribution in [0.2, 0.25) is 0 Å². The Balaban J connectivity index is 1.43. The Kier molecular flexibility index (Phi) is 5.10. The van der Waals surface area contributed by atoms with Gasteiger partial charge in [0.2, 0.25) is 5.91 Å². The standard InChI is InChI=1S/C26H28N2O2/c1-16(20-14-11-17-7-5-6-8-21(17)24(20)29)27-28-25(30)23-15-22(23)18-9-12-19(13-10-18)26(2,3)4/h5-14,22-23,29H,15H2,1-4H3,(H,28,30)/b27-16+/t22-,23+/m1/s1. The minimum Gasteiger partial charge on any atom is -0.507 e. The summed E-state index contributed by atoms with van der Waals surface area (Å²) in [5.41, 5.74) is 6.52. The second-order valence-corrected chi connectivity index (χ2v) is 9.18. The van der Waals surface area contributed by atoms with E-state index < -0.39 is 0 Å². The molecule has 3 aromatic rings. The number of hydrazone groups is 1. The summed E-state index contributed by atoms with van der Waals surface area (Å²) in [6.07, 6.45) is 0.844. The summed E-state index contributed by atoms with van der Waals surface area (Å²) in [5.74, 6) is 0.321. The molecule has 154 valence electrons. The van der Waals surface area contributed by atoms with Crippen molar-refractivity contribution < 1.29 is 9.90 Å². The van der Waals surface area contributed by atoms with Crippen molar-refractivity contribution in [2.24, 2.45) is 11.0 Å². The molecule has 4 heteroatoms. The second kappa shape index (κ2) is 7.60. The van der Waals surface area contributed by atoms with Crippen LogP contribution >= 0.6 is 0 Å². The van der Waals surface area contributed by atoms with Gasteiger partial charge >= 0.3 is 0 Å². The van der Waals surface area contributed by atoms with Crippen LogP contribution < -0.4 is 5.43 Å². The molecule has 0 bridgehead atoms. The summed E-state index contributed by atoms with van der Waals surface area (Å²) in [7, 11) is 0. The first-order valence-corrected chi connectivity index (χ1v) is 10.4. The van der Waals surface area contributed by atoms with E-state index in [-0.39, 0.29) is 28.9 Å². The lowest BCUT2D eigenvalue weighted by molar-refractivity contribution is -0.122. The largest absolute Gasteiger partial charge is 0.507 e. The van der Waals surface area contributed by atoms with Gasteiger partial charge in [0.25, 0.3) is 0 Å². The van der Waals surface area contributed by atoms with Crippen LogP contribution in [0.5, 0.6) is 5.75 Å². The monoisotopic (exact) mass is 400 g/mol. The van der Waals surface area contributed by atoms with Gasteiger partial charge in [-0.2, -0.15) is 5.10 Å². The van der Waals surface area contributed by atoms with E-state index >= 15 is 0 Å². The van der Waals surface area contributed by atoms with Gasteiger partial charge in [0.15, 0.2) is 0 Å². The Morgan fingerprint density at radius 1 is 1.03 bits per heavy atom. The highest BCUT2D eigenvalue weighted by Gasteiger charge is 2.44. The van der Waals surface area contributed by atoms with Gasteiger partial charge in [-0.15, -0.1) is 0 Å². The number of rotatable bonds is 4. The fourth-order valence-corrected chi connectivity index (χ4v) is 3.91. The molecule has 0 aliphatic heterocycles.